The topological polar surface area (TPSA) is 109 Å². The van der Waals surface area contributed by atoms with Crippen molar-refractivity contribution in [3.8, 4) is 11.5 Å². The zero-order valence-electron chi connectivity index (χ0n) is 16.9. The van der Waals surface area contributed by atoms with Gasteiger partial charge in [0.25, 0.3) is 5.56 Å². The molecule has 4 rings (SSSR count). The highest BCUT2D eigenvalue weighted by Crippen LogP contribution is 2.33. The van der Waals surface area contributed by atoms with E-state index in [9.17, 15) is 14.4 Å². The largest absolute Gasteiger partial charge is 0.486 e. The van der Waals surface area contributed by atoms with Crippen LogP contribution in [0.25, 0.3) is 11.2 Å². The van der Waals surface area contributed by atoms with E-state index in [1.165, 1.54) is 17.9 Å². The first kappa shape index (κ1) is 19.7. The zero-order valence-corrected chi connectivity index (χ0v) is 16.9. The Hall–Kier alpha value is -3.56. The molecule has 1 aliphatic heterocycles. The SMILES string of the molecule is Cn1c(=O)c2c(ncn2CCCC(=O)NCc2cccc3c2OCCO3)n(C)c1=O. The second-order valence-electron chi connectivity index (χ2n) is 7.14. The summed E-state index contributed by atoms with van der Waals surface area (Å²) in [4.78, 5) is 40.9. The summed E-state index contributed by atoms with van der Waals surface area (Å²) in [5, 5.41) is 2.89. The van der Waals surface area contributed by atoms with Gasteiger partial charge in [-0.05, 0) is 12.5 Å². The van der Waals surface area contributed by atoms with E-state index in [1.54, 1.807) is 11.6 Å². The summed E-state index contributed by atoms with van der Waals surface area (Å²) < 4.78 is 15.3. The van der Waals surface area contributed by atoms with E-state index in [4.69, 9.17) is 9.47 Å². The number of hydrogen-bond acceptors (Lipinski definition) is 6. The van der Waals surface area contributed by atoms with Crippen molar-refractivity contribution in [2.45, 2.75) is 25.9 Å². The number of para-hydroxylation sites is 1. The molecule has 1 N–H and O–H groups in total. The summed E-state index contributed by atoms with van der Waals surface area (Å²) in [6.45, 7) is 1.79. The highest BCUT2D eigenvalue weighted by molar-refractivity contribution is 5.76. The van der Waals surface area contributed by atoms with E-state index in [0.717, 1.165) is 10.1 Å². The summed E-state index contributed by atoms with van der Waals surface area (Å²) in [6.07, 6.45) is 2.34. The van der Waals surface area contributed by atoms with Crippen molar-refractivity contribution in [2.24, 2.45) is 14.1 Å². The average molecular weight is 413 g/mol. The molecule has 1 aromatic carbocycles. The predicted octanol–water partition coefficient (Wildman–Crippen LogP) is 0.301. The summed E-state index contributed by atoms with van der Waals surface area (Å²) in [6, 6.07) is 5.60. The summed E-state index contributed by atoms with van der Waals surface area (Å²) in [5.41, 5.74) is 0.739. The van der Waals surface area contributed by atoms with Crippen LogP contribution >= 0.6 is 0 Å². The summed E-state index contributed by atoms with van der Waals surface area (Å²) >= 11 is 0. The first-order valence-electron chi connectivity index (χ1n) is 9.72. The molecule has 10 nitrogen and oxygen atoms in total. The fraction of sp³-hybridized carbons (Fsp3) is 0.400. The number of ether oxygens (including phenoxy) is 2. The van der Waals surface area contributed by atoms with Gasteiger partial charge in [-0.3, -0.25) is 18.7 Å². The van der Waals surface area contributed by atoms with Crippen LogP contribution in [0.15, 0.2) is 34.1 Å². The Morgan fingerprint density at radius 3 is 2.80 bits per heavy atom. The Balaban J connectivity index is 1.37. The lowest BCUT2D eigenvalue weighted by atomic mass is 10.1. The predicted molar refractivity (Wildman–Crippen MR) is 109 cm³/mol. The molecule has 0 bridgehead atoms. The summed E-state index contributed by atoms with van der Waals surface area (Å²) in [7, 11) is 3.01. The van der Waals surface area contributed by atoms with Gasteiger partial charge in [0.15, 0.2) is 22.7 Å². The Morgan fingerprint density at radius 2 is 1.97 bits per heavy atom. The Morgan fingerprint density at radius 1 is 1.17 bits per heavy atom. The normalized spacial score (nSPS) is 12.9. The van der Waals surface area contributed by atoms with Crippen LogP contribution in [0.4, 0.5) is 0 Å². The molecule has 0 fully saturated rings. The number of hydrogen-bond donors (Lipinski definition) is 1. The Bertz CT molecular complexity index is 1220. The van der Waals surface area contributed by atoms with Gasteiger partial charge in [0, 0.05) is 39.2 Å². The zero-order chi connectivity index (χ0) is 21.3. The molecule has 3 heterocycles. The van der Waals surface area contributed by atoms with Gasteiger partial charge in [0.05, 0.1) is 6.33 Å². The lowest BCUT2D eigenvalue weighted by molar-refractivity contribution is -0.121. The molecular formula is C20H23N5O5. The molecule has 0 atom stereocenters. The van der Waals surface area contributed by atoms with E-state index in [-0.39, 0.29) is 12.3 Å². The van der Waals surface area contributed by atoms with Crippen LogP contribution in [0.3, 0.4) is 0 Å². The third kappa shape index (κ3) is 3.56. The molecule has 0 saturated carbocycles. The molecule has 0 unspecified atom stereocenters. The molecule has 158 valence electrons. The second-order valence-corrected chi connectivity index (χ2v) is 7.14. The van der Waals surface area contributed by atoms with Crippen molar-refractivity contribution >= 4 is 17.1 Å². The number of fused-ring (bicyclic) bond motifs is 2. The monoisotopic (exact) mass is 413 g/mol. The minimum Gasteiger partial charge on any atom is -0.486 e. The standard InChI is InChI=1S/C20H23N5O5/c1-23-18-16(19(27)24(2)20(23)28)25(12-22-18)8-4-7-15(26)21-11-13-5-3-6-14-17(13)30-10-9-29-14/h3,5-6,12H,4,7-11H2,1-2H3,(H,21,26). The maximum absolute atomic E-state index is 12.4. The van der Waals surface area contributed by atoms with Gasteiger partial charge in [-0.2, -0.15) is 0 Å². The van der Waals surface area contributed by atoms with E-state index >= 15 is 0 Å². The lowest BCUT2D eigenvalue weighted by Crippen LogP contribution is -2.37. The van der Waals surface area contributed by atoms with Crippen molar-refractivity contribution in [2.75, 3.05) is 13.2 Å². The van der Waals surface area contributed by atoms with Gasteiger partial charge < -0.3 is 19.4 Å². The van der Waals surface area contributed by atoms with E-state index in [1.807, 2.05) is 18.2 Å². The number of imidazole rings is 1. The molecule has 3 aromatic rings. The third-order valence-electron chi connectivity index (χ3n) is 5.14. The minimum absolute atomic E-state index is 0.103. The van der Waals surface area contributed by atoms with Crippen molar-refractivity contribution in [3.63, 3.8) is 0 Å². The van der Waals surface area contributed by atoms with Crippen molar-refractivity contribution < 1.29 is 14.3 Å². The van der Waals surface area contributed by atoms with Crippen LogP contribution in [0.5, 0.6) is 11.5 Å². The van der Waals surface area contributed by atoms with Crippen molar-refractivity contribution in [1.82, 2.24) is 24.0 Å². The minimum atomic E-state index is -0.422. The van der Waals surface area contributed by atoms with E-state index in [0.29, 0.717) is 55.4 Å². The number of aryl methyl sites for hydroxylation is 2. The number of amides is 1. The third-order valence-corrected chi connectivity index (χ3v) is 5.14. The maximum Gasteiger partial charge on any atom is 0.332 e. The van der Waals surface area contributed by atoms with Crippen molar-refractivity contribution in [1.29, 1.82) is 0 Å². The molecule has 1 amide bonds. The quantitative estimate of drug-likeness (QED) is 0.623. The highest BCUT2D eigenvalue weighted by Gasteiger charge is 2.16. The van der Waals surface area contributed by atoms with Crippen LogP contribution in [0.1, 0.15) is 18.4 Å². The number of aromatic nitrogens is 4. The number of carbonyl (C=O) groups excluding carboxylic acids is 1. The molecule has 0 saturated heterocycles. The van der Waals surface area contributed by atoms with Crippen molar-refractivity contribution in [3.05, 3.63) is 50.9 Å². The Labute approximate surface area is 171 Å². The smallest absolute Gasteiger partial charge is 0.332 e. The first-order chi connectivity index (χ1) is 14.5. The molecular weight excluding hydrogens is 390 g/mol. The lowest BCUT2D eigenvalue weighted by Gasteiger charge is -2.21. The number of nitrogens with zero attached hydrogens (tertiary/aromatic N) is 4. The van der Waals surface area contributed by atoms with Crippen LogP contribution in [0, 0.1) is 0 Å². The molecule has 2 aromatic heterocycles. The van der Waals surface area contributed by atoms with Gasteiger partial charge in [0.2, 0.25) is 5.91 Å². The van der Waals surface area contributed by atoms with Crippen LogP contribution in [-0.2, 0) is 32.0 Å². The van der Waals surface area contributed by atoms with Gasteiger partial charge in [-0.25, -0.2) is 9.78 Å². The number of rotatable bonds is 6. The maximum atomic E-state index is 12.4. The fourth-order valence-electron chi connectivity index (χ4n) is 3.53. The number of benzene rings is 1. The molecule has 0 radical (unpaired) electrons. The molecule has 10 heteroatoms. The molecule has 0 aliphatic carbocycles. The van der Waals surface area contributed by atoms with Crippen LogP contribution in [0.2, 0.25) is 0 Å². The second kappa shape index (κ2) is 8.05. The van der Waals surface area contributed by atoms with Crippen LogP contribution in [-0.4, -0.2) is 37.8 Å². The summed E-state index contributed by atoms with van der Waals surface area (Å²) in [5.74, 6) is 1.26. The molecule has 1 aliphatic rings. The van der Waals surface area contributed by atoms with Gasteiger partial charge in [0.1, 0.15) is 13.2 Å². The van der Waals surface area contributed by atoms with E-state index < -0.39 is 11.2 Å². The molecule has 0 spiro atoms. The molecule has 30 heavy (non-hydrogen) atoms. The van der Waals surface area contributed by atoms with Crippen LogP contribution < -0.4 is 26.0 Å². The van der Waals surface area contributed by atoms with Gasteiger partial charge in [-0.15, -0.1) is 0 Å². The Kier molecular flexibility index (Phi) is 5.30. The number of carbonyl (C=O) groups is 1. The average Bonchev–Trinajstić information content (AvgIpc) is 3.19. The fourth-order valence-corrected chi connectivity index (χ4v) is 3.53. The van der Waals surface area contributed by atoms with Gasteiger partial charge >= 0.3 is 5.69 Å². The number of nitrogens with one attached hydrogen (secondary N) is 1. The van der Waals surface area contributed by atoms with E-state index in [2.05, 4.69) is 10.3 Å². The first-order valence-corrected chi connectivity index (χ1v) is 9.72. The van der Waals surface area contributed by atoms with Gasteiger partial charge in [-0.1, -0.05) is 12.1 Å². The highest BCUT2D eigenvalue weighted by atomic mass is 16.6.